The molecule has 13 heavy (non-hydrogen) atoms. The predicted octanol–water partition coefficient (Wildman–Crippen LogP) is 1.92. The van der Waals surface area contributed by atoms with Crippen LogP contribution >= 0.6 is 0 Å². The average molecular weight is 177 g/mol. The summed E-state index contributed by atoms with van der Waals surface area (Å²) in [6.07, 6.45) is 1.18. The predicted molar refractivity (Wildman–Crippen MR) is 46.5 cm³/mol. The number of aromatic nitrogens is 3. The van der Waals surface area contributed by atoms with Crippen LogP contribution in [0.3, 0.4) is 0 Å². The number of nitrogens with one attached hydrogen (secondary N) is 1. The van der Waals surface area contributed by atoms with E-state index in [0.29, 0.717) is 5.69 Å². The van der Waals surface area contributed by atoms with Crippen LogP contribution in [0, 0.1) is 12.7 Å². The fraction of sp³-hybridized carbons (Fsp3) is 0.111. The molecular formula is C9H8FN3. The highest BCUT2D eigenvalue weighted by molar-refractivity contribution is 5.53. The number of hydrogen-bond acceptors (Lipinski definition) is 2. The van der Waals surface area contributed by atoms with Crippen LogP contribution < -0.4 is 0 Å². The molecule has 0 bridgehead atoms. The molecule has 1 N–H and O–H groups in total. The molecule has 0 aromatic carbocycles. The first kappa shape index (κ1) is 7.91. The average Bonchev–Trinajstić information content (AvgIpc) is 2.53. The highest BCUT2D eigenvalue weighted by atomic mass is 19.1. The minimum absolute atomic E-state index is 0.337. The van der Waals surface area contributed by atoms with E-state index in [-0.39, 0.29) is 5.82 Å². The highest BCUT2D eigenvalue weighted by Crippen LogP contribution is 2.14. The van der Waals surface area contributed by atoms with E-state index in [9.17, 15) is 4.39 Å². The molecule has 3 nitrogen and oxygen atoms in total. The van der Waals surface area contributed by atoms with E-state index >= 15 is 0 Å². The maximum Gasteiger partial charge on any atom is 0.141 e. The molecule has 2 aromatic heterocycles. The first-order valence-corrected chi connectivity index (χ1v) is 3.89. The Bertz CT molecular complexity index is 405. The standard InChI is InChI=1S/C9H8FN3/c1-6-4-9(13-12-6)8-3-2-7(10)5-11-8/h2-5H,1H3,(H,12,13). The SMILES string of the molecule is Cc1cc(-c2ccc(F)cn2)n[nH]1. The lowest BCUT2D eigenvalue weighted by Gasteiger charge is -1.93. The monoisotopic (exact) mass is 177 g/mol. The summed E-state index contributed by atoms with van der Waals surface area (Å²) in [4.78, 5) is 3.90. The van der Waals surface area contributed by atoms with Gasteiger partial charge in [0.25, 0.3) is 0 Å². The number of rotatable bonds is 1. The van der Waals surface area contributed by atoms with Crippen molar-refractivity contribution in [1.29, 1.82) is 0 Å². The fourth-order valence-corrected chi connectivity index (χ4v) is 1.08. The van der Waals surface area contributed by atoms with Crippen LogP contribution in [-0.2, 0) is 0 Å². The van der Waals surface area contributed by atoms with Crippen LogP contribution in [0.25, 0.3) is 11.4 Å². The summed E-state index contributed by atoms with van der Waals surface area (Å²) in [5.74, 6) is -0.337. The third-order valence-corrected chi connectivity index (χ3v) is 1.70. The van der Waals surface area contributed by atoms with E-state index in [1.54, 1.807) is 6.07 Å². The Hall–Kier alpha value is -1.71. The molecule has 0 amide bonds. The molecule has 0 unspecified atom stereocenters. The molecule has 0 radical (unpaired) electrons. The van der Waals surface area contributed by atoms with Crippen molar-refractivity contribution in [3.63, 3.8) is 0 Å². The van der Waals surface area contributed by atoms with Gasteiger partial charge in [-0.1, -0.05) is 0 Å². The van der Waals surface area contributed by atoms with Gasteiger partial charge in [-0.3, -0.25) is 10.1 Å². The molecule has 0 aliphatic carbocycles. The molecule has 0 aliphatic rings. The van der Waals surface area contributed by atoms with Gasteiger partial charge in [-0.05, 0) is 25.1 Å². The van der Waals surface area contributed by atoms with E-state index < -0.39 is 0 Å². The number of aromatic amines is 1. The van der Waals surface area contributed by atoms with E-state index in [4.69, 9.17) is 0 Å². The lowest BCUT2D eigenvalue weighted by atomic mass is 10.2. The maximum absolute atomic E-state index is 12.5. The van der Waals surface area contributed by atoms with Crippen molar-refractivity contribution < 1.29 is 4.39 Å². The van der Waals surface area contributed by atoms with Gasteiger partial charge in [0.05, 0.1) is 11.9 Å². The van der Waals surface area contributed by atoms with Crippen LogP contribution in [0.5, 0.6) is 0 Å². The van der Waals surface area contributed by atoms with Crippen molar-refractivity contribution in [2.24, 2.45) is 0 Å². The Morgan fingerprint density at radius 3 is 2.69 bits per heavy atom. The molecule has 0 fully saturated rings. The summed E-state index contributed by atoms with van der Waals surface area (Å²) in [5.41, 5.74) is 2.37. The number of hydrogen-bond donors (Lipinski definition) is 1. The molecule has 66 valence electrons. The van der Waals surface area contributed by atoms with E-state index in [2.05, 4.69) is 15.2 Å². The van der Waals surface area contributed by atoms with E-state index in [1.807, 2.05) is 13.0 Å². The number of pyridine rings is 1. The van der Waals surface area contributed by atoms with Gasteiger partial charge in [0.1, 0.15) is 11.5 Å². The molecule has 4 heteroatoms. The van der Waals surface area contributed by atoms with Crippen LogP contribution in [0.15, 0.2) is 24.4 Å². The molecule has 2 aromatic rings. The molecule has 2 heterocycles. The first-order chi connectivity index (χ1) is 6.25. The molecule has 0 atom stereocenters. The van der Waals surface area contributed by atoms with Crippen LogP contribution in [0.4, 0.5) is 4.39 Å². The summed E-state index contributed by atoms with van der Waals surface area (Å²) >= 11 is 0. The quantitative estimate of drug-likeness (QED) is 0.723. The second-order valence-corrected chi connectivity index (χ2v) is 2.80. The second-order valence-electron chi connectivity index (χ2n) is 2.80. The Morgan fingerprint density at radius 2 is 2.15 bits per heavy atom. The van der Waals surface area contributed by atoms with Crippen molar-refractivity contribution >= 4 is 0 Å². The molecule has 0 saturated carbocycles. The Kier molecular flexibility index (Phi) is 1.81. The van der Waals surface area contributed by atoms with Gasteiger partial charge >= 0.3 is 0 Å². The summed E-state index contributed by atoms with van der Waals surface area (Å²) < 4.78 is 12.5. The smallest absolute Gasteiger partial charge is 0.141 e. The Labute approximate surface area is 74.6 Å². The number of halogens is 1. The van der Waals surface area contributed by atoms with Gasteiger partial charge in [0, 0.05) is 5.69 Å². The molecule has 0 spiro atoms. The summed E-state index contributed by atoms with van der Waals surface area (Å²) in [5, 5.41) is 6.80. The zero-order valence-corrected chi connectivity index (χ0v) is 7.08. The first-order valence-electron chi connectivity index (χ1n) is 3.89. The van der Waals surface area contributed by atoms with Gasteiger partial charge in [-0.25, -0.2) is 4.39 Å². The molecule has 0 aliphatic heterocycles. The number of aryl methyl sites for hydroxylation is 1. The maximum atomic E-state index is 12.5. The molecule has 0 saturated heterocycles. The van der Waals surface area contributed by atoms with Crippen molar-refractivity contribution in [3.05, 3.63) is 35.9 Å². The summed E-state index contributed by atoms with van der Waals surface area (Å²) in [6.45, 7) is 1.90. The van der Waals surface area contributed by atoms with Crippen LogP contribution in [-0.4, -0.2) is 15.2 Å². The van der Waals surface area contributed by atoms with Gasteiger partial charge < -0.3 is 0 Å². The minimum atomic E-state index is -0.337. The Balaban J connectivity index is 2.41. The van der Waals surface area contributed by atoms with Crippen molar-refractivity contribution in [2.75, 3.05) is 0 Å². The normalized spacial score (nSPS) is 10.3. The van der Waals surface area contributed by atoms with Gasteiger partial charge in [0.2, 0.25) is 0 Å². The van der Waals surface area contributed by atoms with Crippen molar-refractivity contribution in [1.82, 2.24) is 15.2 Å². The van der Waals surface area contributed by atoms with E-state index in [1.165, 1.54) is 12.3 Å². The third-order valence-electron chi connectivity index (χ3n) is 1.70. The van der Waals surface area contributed by atoms with Crippen LogP contribution in [0.2, 0.25) is 0 Å². The zero-order valence-electron chi connectivity index (χ0n) is 7.08. The van der Waals surface area contributed by atoms with Gasteiger partial charge in [-0.2, -0.15) is 5.10 Å². The minimum Gasteiger partial charge on any atom is -0.282 e. The van der Waals surface area contributed by atoms with Gasteiger partial charge in [-0.15, -0.1) is 0 Å². The van der Waals surface area contributed by atoms with Crippen molar-refractivity contribution in [3.8, 4) is 11.4 Å². The van der Waals surface area contributed by atoms with Crippen LogP contribution in [0.1, 0.15) is 5.69 Å². The zero-order chi connectivity index (χ0) is 9.26. The molecule has 2 rings (SSSR count). The van der Waals surface area contributed by atoms with Gasteiger partial charge in [0.15, 0.2) is 0 Å². The lowest BCUT2D eigenvalue weighted by Crippen LogP contribution is -1.84. The van der Waals surface area contributed by atoms with Crippen molar-refractivity contribution in [2.45, 2.75) is 6.92 Å². The van der Waals surface area contributed by atoms with E-state index in [0.717, 1.165) is 11.4 Å². The Morgan fingerprint density at radius 1 is 1.31 bits per heavy atom. The summed E-state index contributed by atoms with van der Waals surface area (Å²) in [6, 6.07) is 4.83. The third kappa shape index (κ3) is 1.56. The topological polar surface area (TPSA) is 41.6 Å². The highest BCUT2D eigenvalue weighted by Gasteiger charge is 2.02. The summed E-state index contributed by atoms with van der Waals surface area (Å²) in [7, 11) is 0. The second kappa shape index (κ2) is 2.97. The number of H-pyrrole nitrogens is 1. The molecular weight excluding hydrogens is 169 g/mol. The largest absolute Gasteiger partial charge is 0.282 e. The lowest BCUT2D eigenvalue weighted by molar-refractivity contribution is 0.622. The number of nitrogens with zero attached hydrogens (tertiary/aromatic N) is 2. The fourth-order valence-electron chi connectivity index (χ4n) is 1.08.